The maximum Gasteiger partial charge on any atom is 0.254 e. The van der Waals surface area contributed by atoms with Crippen molar-refractivity contribution in [1.29, 1.82) is 0 Å². The fraction of sp³-hybridized carbons (Fsp3) is 0.375. The second-order valence-corrected chi connectivity index (χ2v) is 8.67. The highest BCUT2D eigenvalue weighted by molar-refractivity contribution is 5.97. The molecule has 1 aliphatic heterocycles. The molecule has 32 heavy (non-hydrogen) atoms. The number of hydrogen-bond acceptors (Lipinski definition) is 5. The van der Waals surface area contributed by atoms with Gasteiger partial charge in [0.15, 0.2) is 0 Å². The molecule has 3 amide bonds. The number of nitrogens with zero attached hydrogens (tertiary/aromatic N) is 1. The third-order valence-corrected chi connectivity index (χ3v) is 4.80. The van der Waals surface area contributed by atoms with Crippen LogP contribution in [0.15, 0.2) is 48.5 Å². The number of carbonyl (C=O) groups excluding carboxylic acids is 3. The zero-order valence-corrected chi connectivity index (χ0v) is 18.7. The molecule has 0 spiro atoms. The van der Waals surface area contributed by atoms with E-state index >= 15 is 0 Å². The first kappa shape index (κ1) is 23.3. The van der Waals surface area contributed by atoms with Crippen molar-refractivity contribution in [1.82, 2.24) is 10.2 Å². The van der Waals surface area contributed by atoms with Crippen molar-refractivity contribution in [2.45, 2.75) is 26.3 Å². The SMILES string of the molecule is CC(C)(C)NC(=O)c1ccc(NC(=O)CNc2ccc(C(=O)N3CCOCC3)cc2)cc1. The number of morpholine rings is 1. The molecule has 3 N–H and O–H groups in total. The summed E-state index contributed by atoms with van der Waals surface area (Å²) in [6, 6.07) is 13.8. The summed E-state index contributed by atoms with van der Waals surface area (Å²) in [4.78, 5) is 38.7. The standard InChI is InChI=1S/C24H30N4O4/c1-24(2,3)27-22(30)17-4-10-20(11-5-17)26-21(29)16-25-19-8-6-18(7-9-19)23(31)28-12-14-32-15-13-28/h4-11,25H,12-16H2,1-3H3,(H,26,29)(H,27,30). The normalized spacial score (nSPS) is 13.9. The van der Waals surface area contributed by atoms with E-state index in [1.54, 1.807) is 53.4 Å². The number of amides is 3. The molecule has 8 heteroatoms. The van der Waals surface area contributed by atoms with E-state index in [1.165, 1.54) is 0 Å². The smallest absolute Gasteiger partial charge is 0.254 e. The average Bonchev–Trinajstić information content (AvgIpc) is 2.77. The molecule has 2 aromatic carbocycles. The quantitative estimate of drug-likeness (QED) is 0.644. The molecule has 1 aliphatic rings. The van der Waals surface area contributed by atoms with Gasteiger partial charge in [-0.15, -0.1) is 0 Å². The molecule has 0 saturated carbocycles. The highest BCUT2D eigenvalue weighted by Crippen LogP contribution is 2.14. The van der Waals surface area contributed by atoms with Crippen molar-refractivity contribution in [3.8, 4) is 0 Å². The van der Waals surface area contributed by atoms with Gasteiger partial charge in [0, 0.05) is 41.1 Å². The van der Waals surface area contributed by atoms with Crippen LogP contribution in [0.1, 0.15) is 41.5 Å². The summed E-state index contributed by atoms with van der Waals surface area (Å²) in [5.74, 6) is -0.393. The van der Waals surface area contributed by atoms with Crippen LogP contribution in [0, 0.1) is 0 Å². The van der Waals surface area contributed by atoms with Crippen LogP contribution >= 0.6 is 0 Å². The first-order valence-corrected chi connectivity index (χ1v) is 10.6. The molecule has 8 nitrogen and oxygen atoms in total. The van der Waals surface area contributed by atoms with Gasteiger partial charge in [0.1, 0.15) is 0 Å². The largest absolute Gasteiger partial charge is 0.378 e. The number of nitrogens with one attached hydrogen (secondary N) is 3. The van der Waals surface area contributed by atoms with Crippen molar-refractivity contribution in [2.24, 2.45) is 0 Å². The van der Waals surface area contributed by atoms with Crippen LogP contribution in [0.5, 0.6) is 0 Å². The number of rotatable bonds is 6. The van der Waals surface area contributed by atoms with E-state index in [-0.39, 0.29) is 29.8 Å². The first-order valence-electron chi connectivity index (χ1n) is 10.6. The Morgan fingerprint density at radius 2 is 1.44 bits per heavy atom. The van der Waals surface area contributed by atoms with E-state index < -0.39 is 0 Å². The van der Waals surface area contributed by atoms with Gasteiger partial charge in [-0.2, -0.15) is 0 Å². The summed E-state index contributed by atoms with van der Waals surface area (Å²) >= 11 is 0. The van der Waals surface area contributed by atoms with Crippen LogP contribution in [0.4, 0.5) is 11.4 Å². The van der Waals surface area contributed by atoms with Crippen LogP contribution < -0.4 is 16.0 Å². The maximum atomic E-state index is 12.5. The third kappa shape index (κ3) is 6.81. The molecule has 0 aliphatic carbocycles. The number of benzene rings is 2. The van der Waals surface area contributed by atoms with E-state index in [4.69, 9.17) is 4.74 Å². The summed E-state index contributed by atoms with van der Waals surface area (Å²) in [6.45, 7) is 8.15. The molecular formula is C24H30N4O4. The fourth-order valence-corrected chi connectivity index (χ4v) is 3.18. The Morgan fingerprint density at radius 3 is 2.03 bits per heavy atom. The van der Waals surface area contributed by atoms with Gasteiger partial charge >= 0.3 is 0 Å². The van der Waals surface area contributed by atoms with Crippen molar-refractivity contribution < 1.29 is 19.1 Å². The zero-order valence-electron chi connectivity index (χ0n) is 18.7. The molecule has 2 aromatic rings. The highest BCUT2D eigenvalue weighted by Gasteiger charge is 2.18. The topological polar surface area (TPSA) is 99.8 Å². The van der Waals surface area contributed by atoms with E-state index in [0.717, 1.165) is 5.69 Å². The molecule has 0 unspecified atom stereocenters. The molecule has 1 heterocycles. The Bertz CT molecular complexity index is 943. The fourth-order valence-electron chi connectivity index (χ4n) is 3.18. The van der Waals surface area contributed by atoms with Crippen molar-refractivity contribution >= 4 is 29.1 Å². The second-order valence-electron chi connectivity index (χ2n) is 8.67. The van der Waals surface area contributed by atoms with Crippen LogP contribution in [0.2, 0.25) is 0 Å². The third-order valence-electron chi connectivity index (χ3n) is 4.80. The summed E-state index contributed by atoms with van der Waals surface area (Å²) in [5, 5.41) is 8.74. The summed E-state index contributed by atoms with van der Waals surface area (Å²) in [7, 11) is 0. The van der Waals surface area contributed by atoms with Gasteiger partial charge in [0.05, 0.1) is 19.8 Å². The Labute approximate surface area is 188 Å². The van der Waals surface area contributed by atoms with Gasteiger partial charge in [0.2, 0.25) is 5.91 Å². The van der Waals surface area contributed by atoms with Crippen LogP contribution in [-0.4, -0.2) is 61.0 Å². The van der Waals surface area contributed by atoms with Crippen molar-refractivity contribution in [3.63, 3.8) is 0 Å². The van der Waals surface area contributed by atoms with E-state index in [9.17, 15) is 14.4 Å². The number of carbonyl (C=O) groups is 3. The van der Waals surface area contributed by atoms with Crippen molar-refractivity contribution in [3.05, 3.63) is 59.7 Å². The van der Waals surface area contributed by atoms with Gasteiger partial charge in [-0.1, -0.05) is 0 Å². The first-order chi connectivity index (χ1) is 15.2. The predicted molar refractivity (Wildman–Crippen MR) is 124 cm³/mol. The lowest BCUT2D eigenvalue weighted by molar-refractivity contribution is -0.114. The Hall–Kier alpha value is -3.39. The molecular weight excluding hydrogens is 408 g/mol. The van der Waals surface area contributed by atoms with Crippen LogP contribution in [-0.2, 0) is 9.53 Å². The molecule has 1 fully saturated rings. The van der Waals surface area contributed by atoms with E-state index in [1.807, 2.05) is 20.8 Å². The highest BCUT2D eigenvalue weighted by atomic mass is 16.5. The Kier molecular flexibility index (Phi) is 7.48. The maximum absolute atomic E-state index is 12.5. The molecule has 170 valence electrons. The predicted octanol–water partition coefficient (Wildman–Crippen LogP) is 2.74. The molecule has 3 rings (SSSR count). The number of ether oxygens (including phenoxy) is 1. The molecule has 0 atom stereocenters. The molecule has 0 aromatic heterocycles. The minimum atomic E-state index is -0.316. The monoisotopic (exact) mass is 438 g/mol. The lowest BCUT2D eigenvalue weighted by Gasteiger charge is -2.26. The van der Waals surface area contributed by atoms with E-state index in [2.05, 4.69) is 16.0 Å². The van der Waals surface area contributed by atoms with Gasteiger partial charge in [0.25, 0.3) is 11.8 Å². The van der Waals surface area contributed by atoms with Gasteiger partial charge < -0.3 is 25.6 Å². The van der Waals surface area contributed by atoms with E-state index in [0.29, 0.717) is 43.1 Å². The Morgan fingerprint density at radius 1 is 0.875 bits per heavy atom. The molecule has 0 bridgehead atoms. The van der Waals surface area contributed by atoms with Gasteiger partial charge in [-0.05, 0) is 69.3 Å². The lowest BCUT2D eigenvalue weighted by atomic mass is 10.1. The summed E-state index contributed by atoms with van der Waals surface area (Å²) < 4.78 is 5.28. The van der Waals surface area contributed by atoms with Gasteiger partial charge in [-0.25, -0.2) is 0 Å². The molecule has 1 saturated heterocycles. The average molecular weight is 439 g/mol. The zero-order chi connectivity index (χ0) is 23.1. The minimum absolute atomic E-state index is 0.0165. The number of hydrogen-bond donors (Lipinski definition) is 3. The lowest BCUT2D eigenvalue weighted by Crippen LogP contribution is -2.40. The Balaban J connectivity index is 1.47. The second kappa shape index (κ2) is 10.3. The summed E-state index contributed by atoms with van der Waals surface area (Å²) in [5.41, 5.74) is 2.17. The van der Waals surface area contributed by atoms with Crippen molar-refractivity contribution in [2.75, 3.05) is 43.5 Å². The van der Waals surface area contributed by atoms with Crippen LogP contribution in [0.3, 0.4) is 0 Å². The van der Waals surface area contributed by atoms with Crippen LogP contribution in [0.25, 0.3) is 0 Å². The molecule has 0 radical (unpaired) electrons. The number of anilines is 2. The minimum Gasteiger partial charge on any atom is -0.378 e. The summed E-state index contributed by atoms with van der Waals surface area (Å²) in [6.07, 6.45) is 0. The van der Waals surface area contributed by atoms with Gasteiger partial charge in [-0.3, -0.25) is 14.4 Å².